The van der Waals surface area contributed by atoms with Crippen LogP contribution in [0.5, 0.6) is 0 Å². The van der Waals surface area contributed by atoms with Crippen molar-refractivity contribution in [1.29, 1.82) is 0 Å². The monoisotopic (exact) mass is 266 g/mol. The van der Waals surface area contributed by atoms with E-state index < -0.39 is 8.32 Å². The third-order valence-corrected chi connectivity index (χ3v) is 8.56. The summed E-state index contributed by atoms with van der Waals surface area (Å²) in [7, 11) is -1.62. The van der Waals surface area contributed by atoms with Gasteiger partial charge in [0.05, 0.1) is 12.7 Å². The number of rotatable bonds is 8. The first-order chi connectivity index (χ1) is 8.69. The minimum Gasteiger partial charge on any atom is -0.411 e. The van der Waals surface area contributed by atoms with Gasteiger partial charge in [-0.1, -0.05) is 51.1 Å². The molecule has 0 aliphatic rings. The molecule has 1 N–H and O–H groups in total. The largest absolute Gasteiger partial charge is 0.411 e. The van der Waals surface area contributed by atoms with Crippen molar-refractivity contribution < 1.29 is 9.53 Å². The average Bonchev–Trinajstić information content (AvgIpc) is 2.45. The van der Waals surface area contributed by atoms with Gasteiger partial charge in [-0.3, -0.25) is 0 Å². The fourth-order valence-corrected chi connectivity index (χ4v) is 5.24. The molecule has 0 radical (unpaired) electrons. The Labute approximate surface area is 112 Å². The van der Waals surface area contributed by atoms with E-state index in [1.54, 1.807) is 0 Å². The molecule has 102 valence electrons. The predicted octanol–water partition coefficient (Wildman–Crippen LogP) is 3.61. The third kappa shape index (κ3) is 4.23. The summed E-state index contributed by atoms with van der Waals surface area (Å²) >= 11 is 0. The molecule has 1 rings (SSSR count). The van der Waals surface area contributed by atoms with Gasteiger partial charge >= 0.3 is 0 Å². The molecule has 0 aliphatic heterocycles. The third-order valence-electron chi connectivity index (χ3n) is 3.86. The Bertz CT molecular complexity index is 314. The van der Waals surface area contributed by atoms with Crippen LogP contribution in [0.4, 0.5) is 0 Å². The summed E-state index contributed by atoms with van der Waals surface area (Å²) in [6, 6.07) is 13.7. The average molecular weight is 266 g/mol. The van der Waals surface area contributed by atoms with Gasteiger partial charge in [-0.25, -0.2) is 0 Å². The van der Waals surface area contributed by atoms with Gasteiger partial charge in [0.2, 0.25) is 0 Å². The second-order valence-electron chi connectivity index (χ2n) is 4.86. The van der Waals surface area contributed by atoms with Crippen molar-refractivity contribution in [2.75, 3.05) is 6.61 Å². The lowest BCUT2D eigenvalue weighted by Gasteiger charge is -2.32. The molecule has 1 atom stereocenters. The molecule has 0 amide bonds. The number of hydrogen-bond donors (Lipinski definition) is 1. The van der Waals surface area contributed by atoms with E-state index in [0.717, 1.165) is 24.6 Å². The molecular formula is C15H26O2Si. The van der Waals surface area contributed by atoms with Gasteiger partial charge in [-0.05, 0) is 30.1 Å². The SMILES string of the molecule is CC[Si](CC)(CC)O[C@H](CO)Cc1ccccc1. The van der Waals surface area contributed by atoms with E-state index in [0.29, 0.717) is 0 Å². The van der Waals surface area contributed by atoms with E-state index >= 15 is 0 Å². The summed E-state index contributed by atoms with van der Waals surface area (Å²) in [5.74, 6) is 0. The van der Waals surface area contributed by atoms with Crippen LogP contribution < -0.4 is 0 Å². The first-order valence-electron chi connectivity index (χ1n) is 7.02. The molecule has 0 bridgehead atoms. The second kappa shape index (κ2) is 7.72. The summed E-state index contributed by atoms with van der Waals surface area (Å²) in [6.45, 7) is 6.77. The van der Waals surface area contributed by atoms with Crippen LogP contribution in [0, 0.1) is 0 Å². The summed E-state index contributed by atoms with van der Waals surface area (Å²) in [5, 5.41) is 9.53. The maximum Gasteiger partial charge on any atom is 0.192 e. The standard InChI is InChI=1S/C15H26O2Si/c1-4-18(5-2,6-3)17-15(13-16)12-14-10-8-7-9-11-14/h7-11,15-16H,4-6,12-13H2,1-3H3/t15-/m0/s1. The van der Waals surface area contributed by atoms with Gasteiger partial charge in [0, 0.05) is 0 Å². The van der Waals surface area contributed by atoms with Crippen molar-refractivity contribution >= 4 is 8.32 Å². The smallest absolute Gasteiger partial charge is 0.192 e. The summed E-state index contributed by atoms with van der Waals surface area (Å²) in [5.41, 5.74) is 1.24. The van der Waals surface area contributed by atoms with E-state index in [9.17, 15) is 5.11 Å². The molecule has 0 fully saturated rings. The van der Waals surface area contributed by atoms with Gasteiger partial charge in [-0.15, -0.1) is 0 Å². The van der Waals surface area contributed by atoms with Crippen molar-refractivity contribution in [3.8, 4) is 0 Å². The van der Waals surface area contributed by atoms with Crippen molar-refractivity contribution in [3.63, 3.8) is 0 Å². The van der Waals surface area contributed by atoms with Gasteiger partial charge in [0.1, 0.15) is 0 Å². The normalized spacial score (nSPS) is 13.6. The van der Waals surface area contributed by atoms with Crippen LogP contribution in [-0.4, -0.2) is 26.1 Å². The zero-order valence-electron chi connectivity index (χ0n) is 11.9. The van der Waals surface area contributed by atoms with Crippen LogP contribution in [0.3, 0.4) is 0 Å². The van der Waals surface area contributed by atoms with Crippen LogP contribution in [-0.2, 0) is 10.8 Å². The zero-order valence-corrected chi connectivity index (χ0v) is 12.9. The van der Waals surface area contributed by atoms with Crippen LogP contribution in [0.15, 0.2) is 30.3 Å². The summed E-state index contributed by atoms with van der Waals surface area (Å²) in [4.78, 5) is 0. The topological polar surface area (TPSA) is 29.5 Å². The Morgan fingerprint density at radius 2 is 1.61 bits per heavy atom. The Morgan fingerprint density at radius 1 is 1.06 bits per heavy atom. The Hall–Kier alpha value is -0.643. The van der Waals surface area contributed by atoms with E-state index in [1.807, 2.05) is 18.2 Å². The highest BCUT2D eigenvalue weighted by Crippen LogP contribution is 2.24. The molecule has 0 saturated carbocycles. The molecule has 1 aromatic rings. The lowest BCUT2D eigenvalue weighted by molar-refractivity contribution is 0.106. The molecule has 0 saturated heterocycles. The molecule has 1 aromatic carbocycles. The molecule has 0 heterocycles. The van der Waals surface area contributed by atoms with Crippen LogP contribution in [0.2, 0.25) is 18.1 Å². The molecule has 3 heteroatoms. The van der Waals surface area contributed by atoms with Crippen LogP contribution >= 0.6 is 0 Å². The second-order valence-corrected chi connectivity index (χ2v) is 9.58. The minimum absolute atomic E-state index is 0.0427. The lowest BCUT2D eigenvalue weighted by atomic mass is 10.1. The number of aliphatic hydroxyl groups excluding tert-OH is 1. The number of hydrogen-bond acceptors (Lipinski definition) is 2. The molecule has 2 nitrogen and oxygen atoms in total. The van der Waals surface area contributed by atoms with Crippen molar-refractivity contribution in [3.05, 3.63) is 35.9 Å². The molecular weight excluding hydrogens is 240 g/mol. The van der Waals surface area contributed by atoms with Gasteiger partial charge in [-0.2, -0.15) is 0 Å². The van der Waals surface area contributed by atoms with Gasteiger partial charge in [0.15, 0.2) is 8.32 Å². The first kappa shape index (κ1) is 15.4. The van der Waals surface area contributed by atoms with Crippen LogP contribution in [0.25, 0.3) is 0 Å². The highest BCUT2D eigenvalue weighted by molar-refractivity contribution is 6.73. The highest BCUT2D eigenvalue weighted by Gasteiger charge is 2.31. The number of benzene rings is 1. The maximum atomic E-state index is 9.53. The molecule has 0 aliphatic carbocycles. The van der Waals surface area contributed by atoms with E-state index in [2.05, 4.69) is 32.9 Å². The molecule has 0 aromatic heterocycles. The van der Waals surface area contributed by atoms with Crippen molar-refractivity contribution in [2.45, 2.75) is 51.4 Å². The molecule has 18 heavy (non-hydrogen) atoms. The predicted molar refractivity (Wildman–Crippen MR) is 79.3 cm³/mol. The Morgan fingerprint density at radius 3 is 2.06 bits per heavy atom. The Balaban J connectivity index is 2.66. The summed E-state index contributed by atoms with van der Waals surface area (Å²) < 4.78 is 6.33. The number of aliphatic hydroxyl groups is 1. The van der Waals surface area contributed by atoms with Gasteiger partial charge < -0.3 is 9.53 Å². The van der Waals surface area contributed by atoms with E-state index in [1.165, 1.54) is 5.56 Å². The van der Waals surface area contributed by atoms with E-state index in [-0.39, 0.29) is 12.7 Å². The zero-order chi connectivity index (χ0) is 13.4. The quantitative estimate of drug-likeness (QED) is 0.728. The van der Waals surface area contributed by atoms with Crippen molar-refractivity contribution in [2.24, 2.45) is 0 Å². The van der Waals surface area contributed by atoms with Crippen molar-refractivity contribution in [1.82, 2.24) is 0 Å². The highest BCUT2D eigenvalue weighted by atomic mass is 28.4. The molecule has 0 spiro atoms. The van der Waals surface area contributed by atoms with Gasteiger partial charge in [0.25, 0.3) is 0 Å². The van der Waals surface area contributed by atoms with E-state index in [4.69, 9.17) is 4.43 Å². The van der Waals surface area contributed by atoms with Crippen LogP contribution in [0.1, 0.15) is 26.3 Å². The minimum atomic E-state index is -1.62. The first-order valence-corrected chi connectivity index (χ1v) is 9.55. The Kier molecular flexibility index (Phi) is 6.61. The molecule has 0 unspecified atom stereocenters. The summed E-state index contributed by atoms with van der Waals surface area (Å²) in [6.07, 6.45) is 0.769. The fraction of sp³-hybridized carbons (Fsp3) is 0.600. The lowest BCUT2D eigenvalue weighted by Crippen LogP contribution is -2.41. The maximum absolute atomic E-state index is 9.53. The fourth-order valence-electron chi connectivity index (χ4n) is 2.37.